The number of esters is 1. The number of hydrogen-bond donors (Lipinski definition) is 1. The van der Waals surface area contributed by atoms with Crippen molar-refractivity contribution >= 4 is 34.6 Å². The zero-order valence-electron chi connectivity index (χ0n) is 12.8. The van der Waals surface area contributed by atoms with Gasteiger partial charge in [-0.2, -0.15) is 0 Å². The molecule has 1 amide bonds. The summed E-state index contributed by atoms with van der Waals surface area (Å²) in [5.41, 5.74) is 1.13. The lowest BCUT2D eigenvalue weighted by molar-refractivity contribution is 0.0606. The first kappa shape index (κ1) is 16.6. The Balaban J connectivity index is 1.87. The van der Waals surface area contributed by atoms with Crippen molar-refractivity contribution in [2.24, 2.45) is 0 Å². The number of carbonyl (C=O) groups excluding carboxylic acids is 2. The van der Waals surface area contributed by atoms with Crippen molar-refractivity contribution in [2.75, 3.05) is 13.7 Å². The number of methoxy groups -OCH3 is 1. The van der Waals surface area contributed by atoms with E-state index < -0.39 is 5.97 Å². The second kappa shape index (κ2) is 7.51. The summed E-state index contributed by atoms with van der Waals surface area (Å²) >= 11 is 2.81. The predicted octanol–water partition coefficient (Wildman–Crippen LogP) is 2.83. The third kappa shape index (κ3) is 3.92. The van der Waals surface area contributed by atoms with Gasteiger partial charge in [-0.15, -0.1) is 22.7 Å². The monoisotopic (exact) mass is 338 g/mol. The van der Waals surface area contributed by atoms with Gasteiger partial charge < -0.3 is 10.1 Å². The molecule has 7 heteroatoms. The van der Waals surface area contributed by atoms with E-state index in [-0.39, 0.29) is 5.91 Å². The summed E-state index contributed by atoms with van der Waals surface area (Å²) in [6, 6.07) is 3.23. The molecule has 0 atom stereocenters. The van der Waals surface area contributed by atoms with Gasteiger partial charge in [-0.05, 0) is 25.5 Å². The van der Waals surface area contributed by atoms with Gasteiger partial charge in [-0.1, -0.05) is 6.92 Å². The minimum Gasteiger partial charge on any atom is -0.465 e. The van der Waals surface area contributed by atoms with E-state index in [1.165, 1.54) is 12.0 Å². The fourth-order valence-corrected chi connectivity index (χ4v) is 3.82. The molecule has 0 radical (unpaired) electrons. The van der Waals surface area contributed by atoms with Crippen LogP contribution < -0.4 is 5.32 Å². The molecule has 5 nitrogen and oxygen atoms in total. The van der Waals surface area contributed by atoms with Crippen molar-refractivity contribution in [1.82, 2.24) is 10.3 Å². The molecule has 2 aromatic heterocycles. The number of carbonyl (C=O) groups is 2. The van der Waals surface area contributed by atoms with Crippen LogP contribution in [0.2, 0.25) is 0 Å². The molecule has 0 aromatic carbocycles. The summed E-state index contributed by atoms with van der Waals surface area (Å²) in [6.07, 6.45) is 1.65. The molecule has 0 fully saturated rings. The Morgan fingerprint density at radius 2 is 2.00 bits per heavy atom. The summed E-state index contributed by atoms with van der Waals surface area (Å²) in [7, 11) is 1.32. The molecule has 0 aliphatic rings. The highest BCUT2D eigenvalue weighted by atomic mass is 32.1. The molecule has 0 spiro atoms. The van der Waals surface area contributed by atoms with Crippen LogP contribution in [-0.2, 0) is 17.6 Å². The van der Waals surface area contributed by atoms with Crippen LogP contribution in [0.5, 0.6) is 0 Å². The number of thiophene rings is 1. The van der Waals surface area contributed by atoms with Gasteiger partial charge in [0, 0.05) is 17.8 Å². The first-order chi connectivity index (χ1) is 10.5. The zero-order valence-corrected chi connectivity index (χ0v) is 14.4. The largest absolute Gasteiger partial charge is 0.465 e. The molecule has 2 aromatic rings. The van der Waals surface area contributed by atoms with Crippen LogP contribution in [0.25, 0.3) is 0 Å². The highest BCUT2D eigenvalue weighted by Crippen LogP contribution is 2.19. The minimum atomic E-state index is -0.422. The average molecular weight is 338 g/mol. The van der Waals surface area contributed by atoms with Gasteiger partial charge in [0.25, 0.3) is 5.91 Å². The van der Waals surface area contributed by atoms with Crippen molar-refractivity contribution in [3.05, 3.63) is 37.5 Å². The number of aryl methyl sites for hydroxylation is 2. The molecular weight excluding hydrogens is 320 g/mol. The van der Waals surface area contributed by atoms with E-state index in [2.05, 4.69) is 28.9 Å². The fraction of sp³-hybridized carbons (Fsp3) is 0.400. The van der Waals surface area contributed by atoms with E-state index in [0.29, 0.717) is 22.7 Å². The lowest BCUT2D eigenvalue weighted by atomic mass is 10.3. The summed E-state index contributed by atoms with van der Waals surface area (Å²) in [5, 5.41) is 3.89. The maximum absolute atomic E-state index is 12.0. The third-order valence-corrected chi connectivity index (χ3v) is 5.25. The molecule has 0 aliphatic carbocycles. The quantitative estimate of drug-likeness (QED) is 0.823. The van der Waals surface area contributed by atoms with E-state index in [0.717, 1.165) is 28.5 Å². The smallest absolute Gasteiger partial charge is 0.348 e. The van der Waals surface area contributed by atoms with E-state index in [1.807, 2.05) is 0 Å². The van der Waals surface area contributed by atoms with Crippen molar-refractivity contribution in [1.29, 1.82) is 0 Å². The number of nitrogens with zero attached hydrogens (tertiary/aromatic N) is 1. The van der Waals surface area contributed by atoms with Crippen LogP contribution in [0.4, 0.5) is 0 Å². The first-order valence-corrected chi connectivity index (χ1v) is 8.60. The molecule has 0 saturated carbocycles. The van der Waals surface area contributed by atoms with Crippen LogP contribution in [0.1, 0.15) is 41.8 Å². The van der Waals surface area contributed by atoms with Gasteiger partial charge in [0.2, 0.25) is 0 Å². The summed E-state index contributed by atoms with van der Waals surface area (Å²) in [6.45, 7) is 4.68. The summed E-state index contributed by atoms with van der Waals surface area (Å²) in [4.78, 5) is 30.1. The SMILES string of the molecule is CCc1nc(CCNC(=O)c2ccc(C(=O)OC)s2)sc1C. The molecule has 22 heavy (non-hydrogen) atoms. The molecule has 0 saturated heterocycles. The maximum atomic E-state index is 12.0. The van der Waals surface area contributed by atoms with Crippen molar-refractivity contribution in [3.63, 3.8) is 0 Å². The second-order valence-corrected chi connectivity index (χ2v) is 7.00. The highest BCUT2D eigenvalue weighted by molar-refractivity contribution is 7.15. The van der Waals surface area contributed by atoms with Crippen molar-refractivity contribution in [3.8, 4) is 0 Å². The summed E-state index contributed by atoms with van der Waals surface area (Å²) in [5.74, 6) is -0.599. The van der Waals surface area contributed by atoms with Gasteiger partial charge in [-0.25, -0.2) is 9.78 Å². The van der Waals surface area contributed by atoms with E-state index in [1.54, 1.807) is 23.5 Å². The molecule has 0 bridgehead atoms. The number of aromatic nitrogens is 1. The average Bonchev–Trinajstić information content (AvgIpc) is 3.13. The van der Waals surface area contributed by atoms with Crippen LogP contribution in [0.3, 0.4) is 0 Å². The Hall–Kier alpha value is -1.73. The molecule has 0 aliphatic heterocycles. The van der Waals surface area contributed by atoms with Crippen molar-refractivity contribution < 1.29 is 14.3 Å². The second-order valence-electron chi connectivity index (χ2n) is 4.63. The van der Waals surface area contributed by atoms with Crippen LogP contribution in [0.15, 0.2) is 12.1 Å². The van der Waals surface area contributed by atoms with Gasteiger partial charge in [0.05, 0.1) is 22.7 Å². The maximum Gasteiger partial charge on any atom is 0.348 e. The fourth-order valence-electron chi connectivity index (χ4n) is 1.96. The Bertz CT molecular complexity index is 676. The number of thiazole rings is 1. The Morgan fingerprint density at radius 1 is 1.27 bits per heavy atom. The van der Waals surface area contributed by atoms with Gasteiger partial charge in [-0.3, -0.25) is 4.79 Å². The van der Waals surface area contributed by atoms with E-state index >= 15 is 0 Å². The van der Waals surface area contributed by atoms with Gasteiger partial charge in [0.1, 0.15) is 4.88 Å². The number of nitrogens with one attached hydrogen (secondary N) is 1. The standard InChI is InChI=1S/C15H18N2O3S2/c1-4-10-9(2)21-13(17-10)7-8-16-14(18)11-5-6-12(22-11)15(19)20-3/h5-6H,4,7-8H2,1-3H3,(H,16,18). The molecule has 2 heterocycles. The van der Waals surface area contributed by atoms with E-state index in [9.17, 15) is 9.59 Å². The Morgan fingerprint density at radius 3 is 2.64 bits per heavy atom. The topological polar surface area (TPSA) is 68.3 Å². The molecular formula is C15H18N2O3S2. The summed E-state index contributed by atoms with van der Waals surface area (Å²) < 4.78 is 4.63. The third-order valence-electron chi connectivity index (χ3n) is 3.11. The normalized spacial score (nSPS) is 10.5. The zero-order chi connectivity index (χ0) is 16.1. The first-order valence-electron chi connectivity index (χ1n) is 6.96. The lowest BCUT2D eigenvalue weighted by Gasteiger charge is -2.01. The number of rotatable bonds is 6. The van der Waals surface area contributed by atoms with Crippen LogP contribution >= 0.6 is 22.7 Å². The predicted molar refractivity (Wildman–Crippen MR) is 87.9 cm³/mol. The van der Waals surface area contributed by atoms with Gasteiger partial charge >= 0.3 is 5.97 Å². The highest BCUT2D eigenvalue weighted by Gasteiger charge is 2.14. The number of amides is 1. The van der Waals surface area contributed by atoms with Crippen LogP contribution in [-0.4, -0.2) is 30.5 Å². The van der Waals surface area contributed by atoms with Gasteiger partial charge in [0.15, 0.2) is 0 Å². The van der Waals surface area contributed by atoms with E-state index in [4.69, 9.17) is 0 Å². The molecule has 2 rings (SSSR count). The number of ether oxygens (including phenoxy) is 1. The van der Waals surface area contributed by atoms with Crippen molar-refractivity contribution in [2.45, 2.75) is 26.7 Å². The Kier molecular flexibility index (Phi) is 5.68. The molecule has 0 unspecified atom stereocenters. The lowest BCUT2D eigenvalue weighted by Crippen LogP contribution is -2.24. The Labute approximate surface area is 137 Å². The molecule has 118 valence electrons. The minimum absolute atomic E-state index is 0.177. The number of hydrogen-bond acceptors (Lipinski definition) is 6. The molecule has 1 N–H and O–H groups in total. The van der Waals surface area contributed by atoms with Crippen LogP contribution in [0, 0.1) is 6.92 Å².